The highest BCUT2D eigenvalue weighted by Crippen LogP contribution is 2.37. The van der Waals surface area contributed by atoms with Gasteiger partial charge < -0.3 is 14.6 Å². The zero-order valence-corrected chi connectivity index (χ0v) is 25.3. The minimum Gasteiger partial charge on any atom is -0.379 e. The number of H-pyrrole nitrogens is 1. The number of nitrogens with one attached hydrogen (secondary N) is 1. The van der Waals surface area contributed by atoms with Crippen molar-refractivity contribution in [2.75, 3.05) is 59.0 Å². The van der Waals surface area contributed by atoms with Crippen molar-refractivity contribution >= 4 is 41.6 Å². The summed E-state index contributed by atoms with van der Waals surface area (Å²) < 4.78 is 86.5. The number of rotatable bonds is 7. The van der Waals surface area contributed by atoms with E-state index in [0.717, 1.165) is 36.1 Å². The summed E-state index contributed by atoms with van der Waals surface area (Å²) >= 11 is 0. The van der Waals surface area contributed by atoms with Crippen molar-refractivity contribution in [3.8, 4) is 0 Å². The van der Waals surface area contributed by atoms with Crippen LogP contribution in [0.3, 0.4) is 0 Å². The Bertz CT molecular complexity index is 1390. The Hall–Kier alpha value is -2.77. The molecule has 242 valence electrons. The predicted octanol–water partition coefficient (Wildman–Crippen LogP) is 6.31. The van der Waals surface area contributed by atoms with Crippen LogP contribution in [0.2, 0.25) is 0 Å². The van der Waals surface area contributed by atoms with Crippen molar-refractivity contribution in [3.05, 3.63) is 83.1 Å². The van der Waals surface area contributed by atoms with Crippen molar-refractivity contribution in [3.63, 3.8) is 0 Å². The summed E-state index contributed by atoms with van der Waals surface area (Å²) in [5, 5.41) is 0.950. The van der Waals surface area contributed by atoms with Crippen LogP contribution in [0.4, 0.5) is 26.3 Å². The quantitative estimate of drug-likeness (QED) is 0.237. The average Bonchev–Trinajstić information content (AvgIpc) is 3.37. The first-order valence-electron chi connectivity index (χ1n) is 13.8. The molecule has 5 rings (SSSR count). The van der Waals surface area contributed by atoms with Gasteiger partial charge in [-0.15, -0.1) is 24.8 Å². The molecule has 0 saturated carbocycles. The summed E-state index contributed by atoms with van der Waals surface area (Å²) in [6.07, 6.45) is -3.72. The zero-order valence-electron chi connectivity index (χ0n) is 23.7. The van der Waals surface area contributed by atoms with E-state index in [9.17, 15) is 31.1 Å². The van der Waals surface area contributed by atoms with Crippen molar-refractivity contribution in [1.29, 1.82) is 0 Å². The molecule has 0 unspecified atom stereocenters. The van der Waals surface area contributed by atoms with Crippen LogP contribution in [0.1, 0.15) is 27.0 Å². The Morgan fingerprint density at radius 3 is 2.11 bits per heavy atom. The molecule has 0 radical (unpaired) electrons. The third-order valence-corrected chi connectivity index (χ3v) is 7.79. The van der Waals surface area contributed by atoms with Gasteiger partial charge in [0, 0.05) is 74.5 Å². The molecule has 3 heterocycles. The van der Waals surface area contributed by atoms with Crippen molar-refractivity contribution in [2.45, 2.75) is 24.8 Å². The number of carbonyl (C=O) groups excluding carboxylic acids is 1. The summed E-state index contributed by atoms with van der Waals surface area (Å²) in [6.45, 7) is 5.55. The number of fused-ring (bicyclic) bond motifs is 1. The number of amides is 1. The second-order valence-corrected chi connectivity index (χ2v) is 10.7. The van der Waals surface area contributed by atoms with Gasteiger partial charge in [0.1, 0.15) is 0 Å². The Morgan fingerprint density at radius 2 is 1.48 bits per heavy atom. The molecule has 2 aliphatic heterocycles. The fourth-order valence-corrected chi connectivity index (χ4v) is 5.56. The van der Waals surface area contributed by atoms with E-state index in [2.05, 4.69) is 26.9 Å². The molecule has 3 aromatic rings. The lowest BCUT2D eigenvalue weighted by Gasteiger charge is -2.41. The third-order valence-electron chi connectivity index (χ3n) is 7.79. The van der Waals surface area contributed by atoms with Gasteiger partial charge in [-0.3, -0.25) is 14.6 Å². The molecule has 1 N–H and O–H groups in total. The van der Waals surface area contributed by atoms with E-state index in [-0.39, 0.29) is 37.4 Å². The maximum Gasteiger partial charge on any atom is 0.416 e. The Morgan fingerprint density at radius 1 is 0.864 bits per heavy atom. The van der Waals surface area contributed by atoms with Crippen LogP contribution >= 0.6 is 24.8 Å². The Balaban J connectivity index is 0.00000264. The monoisotopic (exact) mass is 666 g/mol. The van der Waals surface area contributed by atoms with Gasteiger partial charge in [-0.2, -0.15) is 26.3 Å². The topological polar surface area (TPSA) is 51.8 Å². The molecule has 1 amide bonds. The highest BCUT2D eigenvalue weighted by atomic mass is 35.5. The highest BCUT2D eigenvalue weighted by Gasteiger charge is 2.39. The predicted molar refractivity (Wildman–Crippen MR) is 161 cm³/mol. The van der Waals surface area contributed by atoms with E-state index in [1.807, 2.05) is 30.5 Å². The van der Waals surface area contributed by atoms with Crippen LogP contribution in [0.25, 0.3) is 10.9 Å². The average molecular weight is 668 g/mol. The van der Waals surface area contributed by atoms with Gasteiger partial charge in [0.25, 0.3) is 5.91 Å². The molecule has 44 heavy (non-hydrogen) atoms. The smallest absolute Gasteiger partial charge is 0.379 e. The fraction of sp³-hybridized carbons (Fsp3) is 0.433. The van der Waals surface area contributed by atoms with E-state index in [4.69, 9.17) is 4.74 Å². The summed E-state index contributed by atoms with van der Waals surface area (Å²) in [5.41, 5.74) is -1.81. The summed E-state index contributed by atoms with van der Waals surface area (Å²) in [5.74, 6) is -0.848. The Labute approximate surface area is 263 Å². The van der Waals surface area contributed by atoms with Gasteiger partial charge in [0.2, 0.25) is 0 Å². The number of alkyl halides is 6. The summed E-state index contributed by atoms with van der Waals surface area (Å²) in [4.78, 5) is 22.7. The number of hydrogen-bond acceptors (Lipinski definition) is 4. The van der Waals surface area contributed by atoms with Crippen LogP contribution in [0, 0.1) is 0 Å². The highest BCUT2D eigenvalue weighted by molar-refractivity contribution is 5.95. The maximum atomic E-state index is 13.6. The molecular weight excluding hydrogens is 633 g/mol. The number of morpholine rings is 1. The molecule has 0 bridgehead atoms. The normalized spacial score (nSPS) is 18.8. The SMILES string of the molecule is Cl.Cl.O=C(c1cc(C(F)(F)F)cc(C(F)(F)F)c1)N1CCN(C/C=C\CN2CCOCC2)C[C@H]1Cc1c[nH]c2ccccc12. The first-order chi connectivity index (χ1) is 20.0. The molecule has 14 heteroatoms. The largest absolute Gasteiger partial charge is 0.416 e. The van der Waals surface area contributed by atoms with Crippen LogP contribution in [0.15, 0.2) is 60.8 Å². The van der Waals surface area contributed by atoms with Crippen molar-refractivity contribution in [1.82, 2.24) is 19.7 Å². The number of aromatic amines is 1. The number of ether oxygens (including phenoxy) is 1. The van der Waals surface area contributed by atoms with Gasteiger partial charge in [0.05, 0.1) is 24.3 Å². The number of para-hydroxylation sites is 1. The van der Waals surface area contributed by atoms with Crippen LogP contribution in [-0.4, -0.2) is 90.7 Å². The van der Waals surface area contributed by atoms with Gasteiger partial charge in [0.15, 0.2) is 0 Å². The van der Waals surface area contributed by atoms with E-state index in [0.29, 0.717) is 51.4 Å². The minimum atomic E-state index is -5.04. The molecule has 1 aromatic heterocycles. The fourth-order valence-electron chi connectivity index (χ4n) is 5.56. The summed E-state index contributed by atoms with van der Waals surface area (Å²) in [6, 6.07) is 8.22. The second kappa shape index (κ2) is 15.0. The van der Waals surface area contributed by atoms with Gasteiger partial charge in [-0.1, -0.05) is 30.4 Å². The lowest BCUT2D eigenvalue weighted by molar-refractivity contribution is -0.143. The zero-order chi connectivity index (χ0) is 29.9. The van der Waals surface area contributed by atoms with Gasteiger partial charge in [-0.05, 0) is 36.2 Å². The van der Waals surface area contributed by atoms with Crippen molar-refractivity contribution in [2.24, 2.45) is 0 Å². The number of hydrogen-bond donors (Lipinski definition) is 1. The lowest BCUT2D eigenvalue weighted by atomic mass is 9.98. The first kappa shape index (κ1) is 35.7. The summed E-state index contributed by atoms with van der Waals surface area (Å²) in [7, 11) is 0. The third kappa shape index (κ3) is 8.69. The molecule has 0 spiro atoms. The van der Waals surface area contributed by atoms with Gasteiger partial charge >= 0.3 is 12.4 Å². The van der Waals surface area contributed by atoms with E-state index in [1.54, 1.807) is 0 Å². The van der Waals surface area contributed by atoms with Crippen LogP contribution in [0.5, 0.6) is 0 Å². The maximum absolute atomic E-state index is 13.6. The number of nitrogens with zero attached hydrogens (tertiary/aromatic N) is 3. The van der Waals surface area contributed by atoms with Gasteiger partial charge in [-0.25, -0.2) is 0 Å². The minimum absolute atomic E-state index is 0. The second-order valence-electron chi connectivity index (χ2n) is 10.7. The standard InChI is InChI=1S/C30H32F6N4O2.2ClH/c31-29(32,33)23-15-21(16-24(18-23)30(34,35)36)28(41)40-10-9-39(8-4-3-7-38-11-13-42-14-12-38)20-25(40)17-22-19-37-27-6-2-1-5-26(22)27;;/h1-6,15-16,18-19,25,37H,7-14,17,20H2;2*1H/b4-3-;;/t25-;;/m1../s1. The molecular formula is C30H34Cl2F6N4O2. The van der Waals surface area contributed by atoms with E-state index >= 15 is 0 Å². The van der Waals surface area contributed by atoms with E-state index in [1.165, 1.54) is 4.90 Å². The first-order valence-corrected chi connectivity index (χ1v) is 13.8. The molecule has 2 saturated heterocycles. The molecule has 2 aliphatic rings. The lowest BCUT2D eigenvalue weighted by Crippen LogP contribution is -2.56. The number of benzene rings is 2. The van der Waals surface area contributed by atoms with Crippen LogP contribution in [-0.2, 0) is 23.5 Å². The Kier molecular flexibility index (Phi) is 12.2. The number of piperazine rings is 1. The molecule has 2 aromatic carbocycles. The van der Waals surface area contributed by atoms with Crippen LogP contribution < -0.4 is 0 Å². The molecule has 0 aliphatic carbocycles. The van der Waals surface area contributed by atoms with Crippen molar-refractivity contribution < 1.29 is 35.9 Å². The number of carbonyl (C=O) groups is 1. The molecule has 1 atom stereocenters. The number of aromatic nitrogens is 1. The number of halogens is 8. The van der Waals surface area contributed by atoms with E-state index < -0.39 is 41.0 Å². The molecule has 6 nitrogen and oxygen atoms in total. The molecule has 2 fully saturated rings.